The van der Waals surface area contributed by atoms with Crippen LogP contribution >= 0.6 is 0 Å². The number of rotatable bonds is 21. The zero-order chi connectivity index (χ0) is 18.4. The predicted octanol–water partition coefficient (Wildman–Crippen LogP) is 5.34. The van der Waals surface area contributed by atoms with Crippen molar-refractivity contribution in [2.45, 2.75) is 104 Å². The smallest absolute Gasteiger partial charge is 0.000664 e. The van der Waals surface area contributed by atoms with Gasteiger partial charge >= 0.3 is 0 Å². The molecule has 0 unspecified atom stereocenters. The molecule has 0 fully saturated rings. The van der Waals surface area contributed by atoms with Gasteiger partial charge < -0.3 is 16.0 Å². The fourth-order valence-electron chi connectivity index (χ4n) is 3.35. The molecule has 0 aliphatic heterocycles. The minimum absolute atomic E-state index is 0.801. The highest BCUT2D eigenvalue weighted by Gasteiger charge is 2.04. The van der Waals surface area contributed by atoms with Crippen LogP contribution in [-0.4, -0.2) is 44.2 Å². The Morgan fingerprint density at radius 1 is 0.560 bits per heavy atom. The molecule has 0 bridgehead atoms. The molecule has 0 radical (unpaired) electrons. The number of hydrogen-bond donors (Lipinski definition) is 2. The van der Waals surface area contributed by atoms with Crippen LogP contribution in [0.15, 0.2) is 0 Å². The summed E-state index contributed by atoms with van der Waals surface area (Å²) in [4.78, 5) is 2.73. The van der Waals surface area contributed by atoms with Gasteiger partial charge in [-0.2, -0.15) is 0 Å². The molecule has 0 aliphatic rings. The number of nitrogens with one attached hydrogen (secondary N) is 1. The highest BCUT2D eigenvalue weighted by Crippen LogP contribution is 2.09. The molecule has 0 spiro atoms. The lowest BCUT2D eigenvalue weighted by Crippen LogP contribution is -2.30. The van der Waals surface area contributed by atoms with E-state index >= 15 is 0 Å². The second kappa shape index (κ2) is 21.9. The summed E-state index contributed by atoms with van der Waals surface area (Å²) in [6, 6.07) is 0. The summed E-state index contributed by atoms with van der Waals surface area (Å²) in [5.41, 5.74) is 5.54. The van der Waals surface area contributed by atoms with Gasteiger partial charge in [-0.1, -0.05) is 78.1 Å². The lowest BCUT2D eigenvalue weighted by Gasteiger charge is -2.22. The summed E-state index contributed by atoms with van der Waals surface area (Å²) in [5, 5.41) is 3.52. The monoisotopic (exact) mass is 355 g/mol. The summed E-state index contributed by atoms with van der Waals surface area (Å²) in [7, 11) is 0. The summed E-state index contributed by atoms with van der Waals surface area (Å²) < 4.78 is 0. The molecular formula is C22H49N3. The van der Waals surface area contributed by atoms with Crippen molar-refractivity contribution in [2.75, 3.05) is 39.3 Å². The van der Waals surface area contributed by atoms with Crippen molar-refractivity contribution in [3.63, 3.8) is 0 Å². The van der Waals surface area contributed by atoms with E-state index in [-0.39, 0.29) is 0 Å². The van der Waals surface area contributed by atoms with Gasteiger partial charge in [0.15, 0.2) is 0 Å². The normalized spacial score (nSPS) is 11.5. The van der Waals surface area contributed by atoms with Gasteiger partial charge in [0.2, 0.25) is 0 Å². The van der Waals surface area contributed by atoms with Crippen molar-refractivity contribution >= 4 is 0 Å². The molecule has 0 aromatic rings. The molecular weight excluding hydrogens is 306 g/mol. The predicted molar refractivity (Wildman–Crippen MR) is 114 cm³/mol. The Balaban J connectivity index is 3.76. The van der Waals surface area contributed by atoms with E-state index < -0.39 is 0 Å². The van der Waals surface area contributed by atoms with Crippen LogP contribution in [0.25, 0.3) is 0 Å². The second-order valence-electron chi connectivity index (χ2n) is 7.62. The zero-order valence-electron chi connectivity index (χ0n) is 17.7. The van der Waals surface area contributed by atoms with Gasteiger partial charge in [0.25, 0.3) is 0 Å². The van der Waals surface area contributed by atoms with E-state index in [4.69, 9.17) is 5.73 Å². The van der Waals surface area contributed by atoms with Gasteiger partial charge in [0.1, 0.15) is 0 Å². The van der Waals surface area contributed by atoms with Crippen molar-refractivity contribution in [1.82, 2.24) is 10.2 Å². The van der Waals surface area contributed by atoms with Crippen LogP contribution < -0.4 is 11.1 Å². The van der Waals surface area contributed by atoms with Crippen LogP contribution in [0.2, 0.25) is 0 Å². The molecule has 25 heavy (non-hydrogen) atoms. The molecule has 3 N–H and O–H groups in total. The van der Waals surface area contributed by atoms with Crippen molar-refractivity contribution in [3.05, 3.63) is 0 Å². The first-order valence-electron chi connectivity index (χ1n) is 11.5. The van der Waals surface area contributed by atoms with E-state index in [0.717, 1.165) is 26.1 Å². The molecule has 0 aromatic heterocycles. The number of unbranched alkanes of at least 4 members (excludes halogenated alkanes) is 10. The number of hydrogen-bond acceptors (Lipinski definition) is 3. The SMILES string of the molecule is CCCCCCCCN(CCCCCCCC)CCCNCCCN. The molecule has 0 saturated heterocycles. The van der Waals surface area contributed by atoms with Gasteiger partial charge in [-0.3, -0.25) is 0 Å². The molecule has 3 heteroatoms. The van der Waals surface area contributed by atoms with E-state index in [1.807, 2.05) is 0 Å². The van der Waals surface area contributed by atoms with Gasteiger partial charge in [0, 0.05) is 0 Å². The average molecular weight is 356 g/mol. The van der Waals surface area contributed by atoms with Gasteiger partial charge in [0.05, 0.1) is 0 Å². The summed E-state index contributed by atoms with van der Waals surface area (Å²) in [5.74, 6) is 0. The molecule has 0 aliphatic carbocycles. The molecule has 0 amide bonds. The summed E-state index contributed by atoms with van der Waals surface area (Å²) in [6.07, 6.45) is 19.2. The van der Waals surface area contributed by atoms with Crippen LogP contribution in [0.5, 0.6) is 0 Å². The lowest BCUT2D eigenvalue weighted by atomic mass is 10.1. The van der Waals surface area contributed by atoms with Crippen molar-refractivity contribution < 1.29 is 0 Å². The Morgan fingerprint density at radius 3 is 1.52 bits per heavy atom. The van der Waals surface area contributed by atoms with Crippen LogP contribution in [-0.2, 0) is 0 Å². The topological polar surface area (TPSA) is 41.3 Å². The van der Waals surface area contributed by atoms with Crippen LogP contribution in [0.1, 0.15) is 104 Å². The molecule has 152 valence electrons. The van der Waals surface area contributed by atoms with Crippen molar-refractivity contribution in [1.29, 1.82) is 0 Å². The lowest BCUT2D eigenvalue weighted by molar-refractivity contribution is 0.256. The Morgan fingerprint density at radius 2 is 1.00 bits per heavy atom. The van der Waals surface area contributed by atoms with Crippen molar-refractivity contribution in [2.24, 2.45) is 5.73 Å². The molecule has 0 rings (SSSR count). The second-order valence-corrected chi connectivity index (χ2v) is 7.62. The van der Waals surface area contributed by atoms with E-state index in [2.05, 4.69) is 24.1 Å². The quantitative estimate of drug-likeness (QED) is 0.273. The maximum atomic E-state index is 5.54. The molecule has 0 atom stereocenters. The van der Waals surface area contributed by atoms with Gasteiger partial charge in [-0.05, 0) is 65.0 Å². The Kier molecular flexibility index (Phi) is 21.8. The van der Waals surface area contributed by atoms with Gasteiger partial charge in [-0.25, -0.2) is 0 Å². The summed E-state index contributed by atoms with van der Waals surface area (Å²) >= 11 is 0. The first-order valence-corrected chi connectivity index (χ1v) is 11.5. The van der Waals surface area contributed by atoms with Crippen LogP contribution in [0.4, 0.5) is 0 Å². The van der Waals surface area contributed by atoms with E-state index in [0.29, 0.717) is 0 Å². The average Bonchev–Trinajstić information content (AvgIpc) is 2.63. The van der Waals surface area contributed by atoms with E-state index in [9.17, 15) is 0 Å². The largest absolute Gasteiger partial charge is 0.330 e. The molecule has 0 saturated carbocycles. The maximum Gasteiger partial charge on any atom is -0.000664 e. The minimum atomic E-state index is 0.801. The van der Waals surface area contributed by atoms with Crippen LogP contribution in [0.3, 0.4) is 0 Å². The highest BCUT2D eigenvalue weighted by molar-refractivity contribution is 4.61. The van der Waals surface area contributed by atoms with E-state index in [1.165, 1.54) is 103 Å². The third-order valence-electron chi connectivity index (χ3n) is 5.04. The Labute approximate surface area is 159 Å². The van der Waals surface area contributed by atoms with Crippen LogP contribution in [0, 0.1) is 0 Å². The van der Waals surface area contributed by atoms with Gasteiger partial charge in [-0.15, -0.1) is 0 Å². The number of nitrogens with zero attached hydrogens (tertiary/aromatic N) is 1. The Bertz CT molecular complexity index is 195. The number of nitrogens with two attached hydrogens (primary N) is 1. The van der Waals surface area contributed by atoms with Crippen molar-refractivity contribution in [3.8, 4) is 0 Å². The summed E-state index contributed by atoms with van der Waals surface area (Å²) in [6.45, 7) is 11.5. The first-order chi connectivity index (χ1) is 12.3. The first kappa shape index (κ1) is 24.9. The fourth-order valence-corrected chi connectivity index (χ4v) is 3.35. The molecule has 0 aromatic carbocycles. The fraction of sp³-hybridized carbons (Fsp3) is 1.00. The molecule has 0 heterocycles. The minimum Gasteiger partial charge on any atom is -0.330 e. The van der Waals surface area contributed by atoms with E-state index in [1.54, 1.807) is 0 Å². The zero-order valence-corrected chi connectivity index (χ0v) is 17.7. The standard InChI is InChI=1S/C22H49N3/c1-3-5-7-9-11-13-20-25(21-14-12-10-8-6-4-2)22-16-19-24-18-15-17-23/h24H,3-23H2,1-2H3. The third kappa shape index (κ3) is 20.0. The Hall–Kier alpha value is -0.120. The third-order valence-corrected chi connectivity index (χ3v) is 5.04. The maximum absolute atomic E-state index is 5.54. The highest BCUT2D eigenvalue weighted by atomic mass is 15.1. The molecule has 3 nitrogen and oxygen atoms in total.